The number of esters is 1. The fraction of sp³-hybridized carbons (Fsp3) is 0.625. The summed E-state index contributed by atoms with van der Waals surface area (Å²) in [5, 5.41) is 0. The summed E-state index contributed by atoms with van der Waals surface area (Å²) in [4.78, 5) is 15.7. The summed E-state index contributed by atoms with van der Waals surface area (Å²) in [6.07, 6.45) is 12.3. The van der Waals surface area contributed by atoms with Gasteiger partial charge >= 0.3 is 5.97 Å². The van der Waals surface area contributed by atoms with E-state index in [1.165, 1.54) is 37.7 Å². The van der Waals surface area contributed by atoms with Crippen molar-refractivity contribution in [2.24, 2.45) is 5.92 Å². The minimum atomic E-state index is -0.0124. The molecule has 1 aliphatic carbocycles. The van der Waals surface area contributed by atoms with E-state index in [2.05, 4.69) is 4.98 Å². The zero-order chi connectivity index (χ0) is 13.3. The van der Waals surface area contributed by atoms with Crippen LogP contribution in [-0.2, 0) is 16.0 Å². The molecule has 0 N–H and O–H groups in total. The maximum atomic E-state index is 11.7. The van der Waals surface area contributed by atoms with Gasteiger partial charge in [-0.3, -0.25) is 9.78 Å². The van der Waals surface area contributed by atoms with Crippen molar-refractivity contribution in [3.05, 3.63) is 30.1 Å². The molecule has 1 saturated carbocycles. The summed E-state index contributed by atoms with van der Waals surface area (Å²) in [5.41, 5.74) is 1.25. The second-order valence-electron chi connectivity index (χ2n) is 5.39. The number of rotatable bonds is 6. The van der Waals surface area contributed by atoms with E-state index in [1.54, 1.807) is 12.4 Å². The summed E-state index contributed by atoms with van der Waals surface area (Å²) in [6.45, 7) is 0.536. The molecule has 2 rings (SSSR count). The summed E-state index contributed by atoms with van der Waals surface area (Å²) in [7, 11) is 0. The largest absolute Gasteiger partial charge is 0.466 e. The third-order valence-electron chi connectivity index (χ3n) is 3.80. The highest BCUT2D eigenvalue weighted by molar-refractivity contribution is 5.69. The Balaban J connectivity index is 1.56. The normalized spacial score (nSPS) is 16.2. The quantitative estimate of drug-likeness (QED) is 0.581. The first-order valence-electron chi connectivity index (χ1n) is 7.39. The lowest BCUT2D eigenvalue weighted by molar-refractivity contribution is -0.145. The monoisotopic (exact) mass is 261 g/mol. The first-order chi connectivity index (χ1) is 9.34. The molecule has 0 aliphatic heterocycles. The molecule has 104 valence electrons. The second kappa shape index (κ2) is 7.93. The summed E-state index contributed by atoms with van der Waals surface area (Å²) in [5.74, 6) is 0.558. The molecule has 1 heterocycles. The van der Waals surface area contributed by atoms with E-state index in [0.717, 1.165) is 12.8 Å². The molecule has 19 heavy (non-hydrogen) atoms. The van der Waals surface area contributed by atoms with Crippen molar-refractivity contribution < 1.29 is 9.53 Å². The Morgan fingerprint density at radius 1 is 1.21 bits per heavy atom. The van der Waals surface area contributed by atoms with Gasteiger partial charge < -0.3 is 4.74 Å². The molecular weight excluding hydrogens is 238 g/mol. The van der Waals surface area contributed by atoms with Crippen LogP contribution in [0.3, 0.4) is 0 Å². The minimum absolute atomic E-state index is 0.0124. The highest BCUT2D eigenvalue weighted by Gasteiger charge is 2.17. The average Bonchev–Trinajstić information content (AvgIpc) is 2.46. The van der Waals surface area contributed by atoms with Crippen molar-refractivity contribution in [2.75, 3.05) is 6.61 Å². The molecule has 3 heteroatoms. The first kappa shape index (κ1) is 14.0. The predicted octanol–water partition coefficient (Wildman–Crippen LogP) is 3.53. The van der Waals surface area contributed by atoms with Gasteiger partial charge in [0.2, 0.25) is 0 Å². The van der Waals surface area contributed by atoms with E-state index in [0.29, 0.717) is 18.9 Å². The van der Waals surface area contributed by atoms with E-state index in [4.69, 9.17) is 4.74 Å². The van der Waals surface area contributed by atoms with Gasteiger partial charge in [-0.05, 0) is 49.3 Å². The van der Waals surface area contributed by atoms with Crippen molar-refractivity contribution in [1.29, 1.82) is 0 Å². The molecule has 0 bridgehead atoms. The number of aryl methyl sites for hydroxylation is 1. The van der Waals surface area contributed by atoms with Gasteiger partial charge in [-0.1, -0.05) is 19.3 Å². The van der Waals surface area contributed by atoms with Gasteiger partial charge in [0.05, 0.1) is 6.61 Å². The van der Waals surface area contributed by atoms with Crippen LogP contribution in [0.2, 0.25) is 0 Å². The zero-order valence-electron chi connectivity index (χ0n) is 11.5. The molecule has 3 nitrogen and oxygen atoms in total. The Hall–Kier alpha value is -1.38. The van der Waals surface area contributed by atoms with Crippen LogP contribution in [0.1, 0.15) is 50.5 Å². The van der Waals surface area contributed by atoms with Gasteiger partial charge in [-0.15, -0.1) is 0 Å². The number of carbonyl (C=O) groups excluding carboxylic acids is 1. The van der Waals surface area contributed by atoms with E-state index in [1.807, 2.05) is 12.1 Å². The maximum absolute atomic E-state index is 11.7. The van der Waals surface area contributed by atoms with Crippen LogP contribution in [0, 0.1) is 5.92 Å². The summed E-state index contributed by atoms with van der Waals surface area (Å²) < 4.78 is 5.31. The molecule has 0 radical (unpaired) electrons. The van der Waals surface area contributed by atoms with E-state index in [-0.39, 0.29) is 5.97 Å². The topological polar surface area (TPSA) is 39.2 Å². The number of pyridine rings is 1. The standard InChI is InChI=1S/C16H23NO2/c18-16(13-15-5-2-1-3-6-15)19-12-4-7-14-8-10-17-11-9-14/h8-11,15H,1-7,12-13H2. The van der Waals surface area contributed by atoms with Crippen molar-refractivity contribution in [1.82, 2.24) is 4.98 Å². The highest BCUT2D eigenvalue weighted by Crippen LogP contribution is 2.26. The van der Waals surface area contributed by atoms with Crippen LogP contribution in [0.4, 0.5) is 0 Å². The van der Waals surface area contributed by atoms with Crippen LogP contribution in [0.5, 0.6) is 0 Å². The van der Waals surface area contributed by atoms with E-state index in [9.17, 15) is 4.79 Å². The summed E-state index contributed by atoms with van der Waals surface area (Å²) in [6, 6.07) is 4.01. The maximum Gasteiger partial charge on any atom is 0.306 e. The second-order valence-corrected chi connectivity index (χ2v) is 5.39. The SMILES string of the molecule is O=C(CC1CCCCC1)OCCCc1ccncc1. The number of aromatic nitrogens is 1. The van der Waals surface area contributed by atoms with Crippen molar-refractivity contribution in [2.45, 2.75) is 51.4 Å². The zero-order valence-corrected chi connectivity index (χ0v) is 11.5. The van der Waals surface area contributed by atoms with Gasteiger partial charge in [0.25, 0.3) is 0 Å². The third-order valence-corrected chi connectivity index (χ3v) is 3.80. The van der Waals surface area contributed by atoms with Gasteiger partial charge in [0, 0.05) is 18.8 Å². The smallest absolute Gasteiger partial charge is 0.306 e. The molecule has 0 atom stereocenters. The molecule has 0 aromatic carbocycles. The van der Waals surface area contributed by atoms with Gasteiger partial charge in [0.1, 0.15) is 0 Å². The Morgan fingerprint density at radius 2 is 1.95 bits per heavy atom. The highest BCUT2D eigenvalue weighted by atomic mass is 16.5. The molecule has 0 amide bonds. The number of ether oxygens (including phenoxy) is 1. The Morgan fingerprint density at radius 3 is 2.68 bits per heavy atom. The number of nitrogens with zero attached hydrogens (tertiary/aromatic N) is 1. The lowest BCUT2D eigenvalue weighted by Crippen LogP contribution is -2.15. The fourth-order valence-corrected chi connectivity index (χ4v) is 2.70. The van der Waals surface area contributed by atoms with Crippen molar-refractivity contribution >= 4 is 5.97 Å². The molecule has 1 aliphatic rings. The average molecular weight is 261 g/mol. The lowest BCUT2D eigenvalue weighted by atomic mass is 9.87. The van der Waals surface area contributed by atoms with Crippen LogP contribution in [0.25, 0.3) is 0 Å². The molecule has 0 spiro atoms. The van der Waals surface area contributed by atoms with Crippen LogP contribution >= 0.6 is 0 Å². The van der Waals surface area contributed by atoms with Crippen LogP contribution in [0.15, 0.2) is 24.5 Å². The Kier molecular flexibility index (Phi) is 5.86. The minimum Gasteiger partial charge on any atom is -0.466 e. The Labute approximate surface area is 115 Å². The summed E-state index contributed by atoms with van der Waals surface area (Å²) >= 11 is 0. The van der Waals surface area contributed by atoms with Gasteiger partial charge in [-0.2, -0.15) is 0 Å². The molecule has 0 saturated heterocycles. The third kappa shape index (κ3) is 5.41. The molecular formula is C16H23NO2. The van der Waals surface area contributed by atoms with E-state index < -0.39 is 0 Å². The fourth-order valence-electron chi connectivity index (χ4n) is 2.70. The molecule has 1 fully saturated rings. The van der Waals surface area contributed by atoms with Gasteiger partial charge in [0.15, 0.2) is 0 Å². The van der Waals surface area contributed by atoms with Crippen molar-refractivity contribution in [3.63, 3.8) is 0 Å². The Bertz CT molecular complexity index is 372. The molecule has 1 aromatic heterocycles. The number of hydrogen-bond donors (Lipinski definition) is 0. The molecule has 0 unspecified atom stereocenters. The molecule has 1 aromatic rings. The van der Waals surface area contributed by atoms with Crippen LogP contribution in [-0.4, -0.2) is 17.6 Å². The lowest BCUT2D eigenvalue weighted by Gasteiger charge is -2.20. The number of hydrogen-bond acceptors (Lipinski definition) is 3. The predicted molar refractivity (Wildman–Crippen MR) is 74.7 cm³/mol. The van der Waals surface area contributed by atoms with Crippen molar-refractivity contribution in [3.8, 4) is 0 Å². The van der Waals surface area contributed by atoms with Gasteiger partial charge in [-0.25, -0.2) is 0 Å². The number of carbonyl (C=O) groups is 1. The van der Waals surface area contributed by atoms with Crippen LogP contribution < -0.4 is 0 Å². The first-order valence-corrected chi connectivity index (χ1v) is 7.39. The van der Waals surface area contributed by atoms with E-state index >= 15 is 0 Å².